The summed E-state index contributed by atoms with van der Waals surface area (Å²) in [6.45, 7) is 11.5. The summed E-state index contributed by atoms with van der Waals surface area (Å²) in [5.41, 5.74) is 9.69. The van der Waals surface area contributed by atoms with Crippen LogP contribution in [0.25, 0.3) is 16.8 Å². The maximum atomic E-state index is 12.6. The number of hydrogen-bond acceptors (Lipinski definition) is 5. The molecule has 0 saturated heterocycles. The van der Waals surface area contributed by atoms with Gasteiger partial charge in [-0.15, -0.1) is 0 Å². The Labute approximate surface area is 264 Å². The lowest BCUT2D eigenvalue weighted by Crippen LogP contribution is -2.29. The van der Waals surface area contributed by atoms with Crippen LogP contribution in [0.4, 0.5) is 0 Å². The summed E-state index contributed by atoms with van der Waals surface area (Å²) in [7, 11) is 0. The highest BCUT2D eigenvalue weighted by Gasteiger charge is 2.21. The Morgan fingerprint density at radius 2 is 1.75 bits per heavy atom. The molecule has 1 aliphatic carbocycles. The van der Waals surface area contributed by atoms with Gasteiger partial charge in [0.05, 0.1) is 13.2 Å². The first-order valence-electron chi connectivity index (χ1n) is 16.4. The van der Waals surface area contributed by atoms with Crippen molar-refractivity contribution in [1.82, 2.24) is 4.90 Å². The maximum Gasteiger partial charge on any atom is 0.334 e. The van der Waals surface area contributed by atoms with E-state index in [0.29, 0.717) is 30.3 Å². The third-order valence-corrected chi connectivity index (χ3v) is 8.89. The molecule has 5 nitrogen and oxygen atoms in total. The number of esters is 1. The predicted molar refractivity (Wildman–Crippen MR) is 181 cm³/mol. The van der Waals surface area contributed by atoms with Crippen molar-refractivity contribution >= 4 is 11.7 Å². The second kappa shape index (κ2) is 16.6. The van der Waals surface area contributed by atoms with E-state index in [1.165, 1.54) is 59.9 Å². The highest BCUT2D eigenvalue weighted by atomic mass is 16.6. The fourth-order valence-corrected chi connectivity index (χ4v) is 6.53. The van der Waals surface area contributed by atoms with Gasteiger partial charge >= 0.3 is 5.97 Å². The highest BCUT2D eigenvalue weighted by Crippen LogP contribution is 2.36. The van der Waals surface area contributed by atoms with Crippen LogP contribution in [-0.4, -0.2) is 53.5 Å². The summed E-state index contributed by atoms with van der Waals surface area (Å²) in [5, 5.41) is 18.5. The lowest BCUT2D eigenvalue weighted by atomic mass is 9.90. The van der Waals surface area contributed by atoms with Crippen molar-refractivity contribution in [3.63, 3.8) is 0 Å². The minimum Gasteiger partial charge on any atom is -0.454 e. The average Bonchev–Trinajstić information content (AvgIpc) is 3.24. The Morgan fingerprint density at radius 1 is 1.00 bits per heavy atom. The fourth-order valence-electron chi connectivity index (χ4n) is 6.53. The normalized spacial score (nSPS) is 20.6. The van der Waals surface area contributed by atoms with Gasteiger partial charge in [-0.1, -0.05) is 80.6 Å². The molecule has 5 heteroatoms. The molecule has 0 unspecified atom stereocenters. The van der Waals surface area contributed by atoms with E-state index in [9.17, 15) is 15.0 Å². The maximum absolute atomic E-state index is 12.6. The van der Waals surface area contributed by atoms with Crippen LogP contribution in [0.15, 0.2) is 84.5 Å². The number of carbonyl (C=O) groups is 1. The van der Waals surface area contributed by atoms with E-state index in [0.717, 1.165) is 25.2 Å². The van der Waals surface area contributed by atoms with E-state index in [4.69, 9.17) is 4.74 Å². The van der Waals surface area contributed by atoms with E-state index < -0.39 is 12.1 Å². The molecule has 2 aliphatic rings. The summed E-state index contributed by atoms with van der Waals surface area (Å²) in [4.78, 5) is 15.0. The zero-order chi connectivity index (χ0) is 31.5. The monoisotopic (exact) mass is 597 g/mol. The molecule has 0 amide bonds. The van der Waals surface area contributed by atoms with E-state index in [2.05, 4.69) is 86.9 Å². The van der Waals surface area contributed by atoms with Gasteiger partial charge in [0.25, 0.3) is 0 Å². The Hall–Kier alpha value is -3.41. The molecule has 1 fully saturated rings. The van der Waals surface area contributed by atoms with Gasteiger partial charge in [-0.2, -0.15) is 0 Å². The van der Waals surface area contributed by atoms with Crippen LogP contribution in [0.3, 0.4) is 0 Å². The van der Waals surface area contributed by atoms with Crippen LogP contribution in [0, 0.1) is 12.8 Å². The number of nitrogens with zero attached hydrogens (tertiary/aromatic N) is 1. The molecule has 1 atom stereocenters. The van der Waals surface area contributed by atoms with Gasteiger partial charge in [-0.3, -0.25) is 0 Å². The van der Waals surface area contributed by atoms with E-state index in [1.54, 1.807) is 5.57 Å². The van der Waals surface area contributed by atoms with Crippen LogP contribution in [0.5, 0.6) is 0 Å². The Balaban J connectivity index is 1.49. The molecule has 1 saturated carbocycles. The number of rotatable bonds is 10. The minimum atomic E-state index is -0.879. The number of benzene rings is 2. The van der Waals surface area contributed by atoms with Gasteiger partial charge in [0, 0.05) is 29.9 Å². The summed E-state index contributed by atoms with van der Waals surface area (Å²) < 4.78 is 5.25. The van der Waals surface area contributed by atoms with Crippen molar-refractivity contribution in [2.75, 3.05) is 26.3 Å². The van der Waals surface area contributed by atoms with Crippen molar-refractivity contribution in [2.24, 2.45) is 5.92 Å². The molecule has 0 bridgehead atoms. The molecule has 0 spiro atoms. The molecule has 1 aliphatic heterocycles. The van der Waals surface area contributed by atoms with Crippen LogP contribution >= 0.6 is 0 Å². The summed E-state index contributed by atoms with van der Waals surface area (Å²) in [6, 6.07) is 16.0. The van der Waals surface area contributed by atoms with Crippen LogP contribution in [0.1, 0.15) is 87.8 Å². The van der Waals surface area contributed by atoms with E-state index >= 15 is 0 Å². The molecular weight excluding hydrogens is 546 g/mol. The van der Waals surface area contributed by atoms with Gasteiger partial charge in [0.2, 0.25) is 0 Å². The molecule has 2 aromatic rings. The van der Waals surface area contributed by atoms with Gasteiger partial charge in [0.15, 0.2) is 0 Å². The number of aliphatic hydroxyl groups is 2. The topological polar surface area (TPSA) is 70.0 Å². The smallest absolute Gasteiger partial charge is 0.334 e. The number of aryl methyl sites for hydroxylation is 1. The van der Waals surface area contributed by atoms with Crippen molar-refractivity contribution in [1.29, 1.82) is 0 Å². The number of ether oxygens (including phenoxy) is 1. The quantitative estimate of drug-likeness (QED) is 0.125. The molecular formula is C39H51NO4. The lowest BCUT2D eigenvalue weighted by molar-refractivity contribution is -0.148. The lowest BCUT2D eigenvalue weighted by Gasteiger charge is -2.30. The average molecular weight is 598 g/mol. The van der Waals surface area contributed by atoms with Crippen molar-refractivity contribution in [3.05, 3.63) is 101 Å². The molecule has 44 heavy (non-hydrogen) atoms. The molecule has 0 radical (unpaired) electrons. The number of carbonyl (C=O) groups excluding carboxylic acids is 1. The molecule has 2 N–H and O–H groups in total. The zero-order valence-electron chi connectivity index (χ0n) is 26.9. The largest absolute Gasteiger partial charge is 0.454 e. The predicted octanol–water partition coefficient (Wildman–Crippen LogP) is 8.13. The fraction of sp³-hybridized carbons (Fsp3) is 0.462. The van der Waals surface area contributed by atoms with Crippen molar-refractivity contribution in [3.8, 4) is 11.1 Å². The standard InChI is InChI=1S/C39H51NO4/c1-5-9-38(40-22-7-12-34(13-8-23-40)39(43)44-36(26-41)27-42)37-25-35(16-14-29(37)4)33-20-18-32(19-21-33)31-11-6-10-30(15-17-31)24-28(2)3/h5,9,12,14,16,18-21,24-25,28,31,36,41-42H,1,6-8,10-11,13,15,17,22-23,26-27H2,2-4H3/b30-24+,34-12-,38-9+/t31-/m1/s1. The van der Waals surface area contributed by atoms with Crippen LogP contribution in [0.2, 0.25) is 0 Å². The summed E-state index contributed by atoms with van der Waals surface area (Å²) in [5.74, 6) is 0.812. The first-order valence-corrected chi connectivity index (χ1v) is 16.4. The Bertz CT molecular complexity index is 1350. The molecule has 236 valence electrons. The second-order valence-corrected chi connectivity index (χ2v) is 12.6. The van der Waals surface area contributed by atoms with Gasteiger partial charge in [-0.05, 0) is 105 Å². The van der Waals surface area contributed by atoms with Crippen molar-refractivity contribution < 1.29 is 19.7 Å². The first-order chi connectivity index (χ1) is 21.3. The number of aliphatic hydroxyl groups excluding tert-OH is 2. The van der Waals surface area contributed by atoms with Gasteiger partial charge in [-0.25, -0.2) is 4.79 Å². The SMILES string of the molecule is C=C/C=C(\c1cc(-c2ccc([C@@H]3CCC/C(=C\C(C)C)CC3)cc2)ccc1C)N1CC/C=C(\C(=O)OC(CO)CO)CCC1. The molecule has 2 aromatic carbocycles. The first kappa shape index (κ1) is 33.5. The minimum absolute atomic E-state index is 0.390. The third-order valence-electron chi connectivity index (χ3n) is 8.89. The summed E-state index contributed by atoms with van der Waals surface area (Å²) in [6.07, 6.45) is 15.8. The highest BCUT2D eigenvalue weighted by molar-refractivity contribution is 5.88. The van der Waals surface area contributed by atoms with Crippen LogP contribution < -0.4 is 0 Å². The van der Waals surface area contributed by atoms with Crippen molar-refractivity contribution in [2.45, 2.75) is 84.2 Å². The van der Waals surface area contributed by atoms with E-state index in [1.807, 2.05) is 12.2 Å². The number of allylic oxidation sites excluding steroid dienone is 4. The number of hydrogen-bond donors (Lipinski definition) is 2. The van der Waals surface area contributed by atoms with E-state index in [-0.39, 0.29) is 13.2 Å². The summed E-state index contributed by atoms with van der Waals surface area (Å²) >= 11 is 0. The van der Waals surface area contributed by atoms with Crippen LogP contribution in [-0.2, 0) is 9.53 Å². The molecule has 4 rings (SSSR count). The van der Waals surface area contributed by atoms with Gasteiger partial charge in [0.1, 0.15) is 6.10 Å². The Morgan fingerprint density at radius 3 is 2.45 bits per heavy atom. The third kappa shape index (κ3) is 9.06. The molecule has 1 heterocycles. The van der Waals surface area contributed by atoms with Gasteiger partial charge < -0.3 is 19.8 Å². The molecule has 0 aromatic heterocycles. The Kier molecular flexibility index (Phi) is 12.6. The second-order valence-electron chi connectivity index (χ2n) is 12.6. The zero-order valence-corrected chi connectivity index (χ0v) is 26.9.